The number of rotatable bonds is 8. The summed E-state index contributed by atoms with van der Waals surface area (Å²) in [5.41, 5.74) is 1.16. The molecule has 0 saturated heterocycles. The van der Waals surface area contributed by atoms with Crippen LogP contribution in [0.1, 0.15) is 41.6 Å². The number of nitrogens with one attached hydrogen (secondary N) is 1. The summed E-state index contributed by atoms with van der Waals surface area (Å²) < 4.78 is 9.91. The second-order valence-corrected chi connectivity index (χ2v) is 6.07. The molecule has 0 aromatic carbocycles. The molecule has 6 nitrogen and oxygen atoms in total. The molecule has 0 aliphatic heterocycles. The molecular formula is C18H23NO5S. The van der Waals surface area contributed by atoms with Gasteiger partial charge in [0.1, 0.15) is 5.00 Å². The Hall–Kier alpha value is -2.41. The molecule has 7 heteroatoms. The first-order chi connectivity index (χ1) is 11.9. The molecular weight excluding hydrogens is 342 g/mol. The molecule has 25 heavy (non-hydrogen) atoms. The van der Waals surface area contributed by atoms with E-state index in [9.17, 15) is 14.4 Å². The average Bonchev–Trinajstić information content (AvgIpc) is 2.89. The van der Waals surface area contributed by atoms with Crippen molar-refractivity contribution in [3.05, 3.63) is 40.3 Å². The molecule has 0 saturated carbocycles. The van der Waals surface area contributed by atoms with Gasteiger partial charge in [0.2, 0.25) is 0 Å². The molecule has 0 fully saturated rings. The molecule has 0 bridgehead atoms. The summed E-state index contributed by atoms with van der Waals surface area (Å²) in [6.45, 7) is 7.15. The highest BCUT2D eigenvalue weighted by Gasteiger charge is 2.23. The van der Waals surface area contributed by atoms with Gasteiger partial charge in [-0.25, -0.2) is 9.59 Å². The van der Waals surface area contributed by atoms with Gasteiger partial charge in [-0.15, -0.1) is 11.3 Å². The lowest BCUT2D eigenvalue weighted by molar-refractivity contribution is -0.142. The van der Waals surface area contributed by atoms with Crippen LogP contribution in [0.25, 0.3) is 0 Å². The lowest BCUT2D eigenvalue weighted by atomic mass is 10.1. The van der Waals surface area contributed by atoms with Crippen LogP contribution in [0.2, 0.25) is 0 Å². The Labute approximate surface area is 151 Å². The van der Waals surface area contributed by atoms with E-state index in [2.05, 4.69) is 5.32 Å². The molecule has 0 atom stereocenters. The first-order valence-corrected chi connectivity index (χ1v) is 8.81. The van der Waals surface area contributed by atoms with Gasteiger partial charge >= 0.3 is 11.9 Å². The zero-order valence-electron chi connectivity index (χ0n) is 14.9. The van der Waals surface area contributed by atoms with Gasteiger partial charge in [-0.05, 0) is 32.8 Å². The van der Waals surface area contributed by atoms with Crippen molar-refractivity contribution in [3.63, 3.8) is 0 Å². The molecule has 1 aromatic rings. The zero-order chi connectivity index (χ0) is 18.8. The SMILES string of the molecule is C/C=C/C=C/C(=O)OCC(=O)Nc1sc(CC)c(C)c1C(=O)OCC. The number of ether oxygens (including phenoxy) is 2. The van der Waals surface area contributed by atoms with Crippen molar-refractivity contribution in [2.75, 3.05) is 18.5 Å². The Bertz CT molecular complexity index is 688. The standard InChI is InChI=1S/C18H23NO5S/c1-5-8-9-10-15(21)24-11-14(20)19-17-16(18(22)23-7-3)12(4)13(6-2)25-17/h5,8-10H,6-7,11H2,1-4H3,(H,19,20)/b8-5+,10-9+. The largest absolute Gasteiger partial charge is 0.462 e. The van der Waals surface area contributed by atoms with Gasteiger partial charge in [0.25, 0.3) is 5.91 Å². The number of amides is 1. The second-order valence-electron chi connectivity index (χ2n) is 4.97. The molecule has 1 N–H and O–H groups in total. The van der Waals surface area contributed by atoms with Crippen LogP contribution >= 0.6 is 11.3 Å². The Morgan fingerprint density at radius 3 is 2.48 bits per heavy atom. The normalized spacial score (nSPS) is 11.0. The molecule has 0 unspecified atom stereocenters. The Morgan fingerprint density at radius 1 is 1.16 bits per heavy atom. The number of carbonyl (C=O) groups is 3. The highest BCUT2D eigenvalue weighted by Crippen LogP contribution is 2.34. The highest BCUT2D eigenvalue weighted by molar-refractivity contribution is 7.17. The van der Waals surface area contributed by atoms with Crippen molar-refractivity contribution >= 4 is 34.2 Å². The quantitative estimate of drug-likeness (QED) is 0.434. The van der Waals surface area contributed by atoms with E-state index in [0.29, 0.717) is 10.6 Å². The van der Waals surface area contributed by atoms with Gasteiger partial charge < -0.3 is 14.8 Å². The minimum atomic E-state index is -0.615. The summed E-state index contributed by atoms with van der Waals surface area (Å²) in [7, 11) is 0. The van der Waals surface area contributed by atoms with Gasteiger partial charge in [0, 0.05) is 11.0 Å². The lowest BCUT2D eigenvalue weighted by Crippen LogP contribution is -2.21. The third-order valence-electron chi connectivity index (χ3n) is 3.18. The molecule has 1 heterocycles. The third-order valence-corrected chi connectivity index (χ3v) is 4.53. The molecule has 0 aliphatic rings. The van der Waals surface area contributed by atoms with Crippen molar-refractivity contribution < 1.29 is 23.9 Å². The smallest absolute Gasteiger partial charge is 0.341 e. The first-order valence-electron chi connectivity index (χ1n) is 7.99. The zero-order valence-corrected chi connectivity index (χ0v) is 15.7. The van der Waals surface area contributed by atoms with Crippen LogP contribution in [-0.2, 0) is 25.5 Å². The van der Waals surface area contributed by atoms with Gasteiger partial charge in [0.15, 0.2) is 6.61 Å². The molecule has 1 amide bonds. The number of esters is 2. The molecule has 1 aromatic heterocycles. The van der Waals surface area contributed by atoms with Crippen molar-refractivity contribution in [1.29, 1.82) is 0 Å². The molecule has 0 spiro atoms. The number of aryl methyl sites for hydroxylation is 1. The Kier molecular flexibility index (Phi) is 8.63. The van der Waals surface area contributed by atoms with E-state index in [0.717, 1.165) is 16.9 Å². The predicted molar refractivity (Wildman–Crippen MR) is 97.9 cm³/mol. The monoisotopic (exact) mass is 365 g/mol. The number of anilines is 1. The minimum absolute atomic E-state index is 0.249. The van der Waals surface area contributed by atoms with E-state index >= 15 is 0 Å². The summed E-state index contributed by atoms with van der Waals surface area (Å²) in [5.74, 6) is -1.60. The van der Waals surface area contributed by atoms with E-state index in [1.165, 1.54) is 23.5 Å². The third kappa shape index (κ3) is 6.19. The van der Waals surface area contributed by atoms with E-state index in [1.54, 1.807) is 19.1 Å². The summed E-state index contributed by atoms with van der Waals surface area (Å²) in [5, 5.41) is 3.05. The minimum Gasteiger partial charge on any atom is -0.462 e. The molecule has 0 aliphatic carbocycles. The van der Waals surface area contributed by atoms with Crippen LogP contribution < -0.4 is 5.32 Å². The molecule has 0 radical (unpaired) electrons. The van der Waals surface area contributed by atoms with E-state index < -0.39 is 24.5 Å². The summed E-state index contributed by atoms with van der Waals surface area (Å²) in [4.78, 5) is 36.6. The highest BCUT2D eigenvalue weighted by atomic mass is 32.1. The fourth-order valence-electron chi connectivity index (χ4n) is 2.03. The van der Waals surface area contributed by atoms with Crippen LogP contribution in [0.4, 0.5) is 5.00 Å². The molecule has 1 rings (SSSR count). The van der Waals surface area contributed by atoms with Crippen LogP contribution in [0.3, 0.4) is 0 Å². The number of thiophene rings is 1. The van der Waals surface area contributed by atoms with Crippen LogP contribution in [0.5, 0.6) is 0 Å². The predicted octanol–water partition coefficient (Wildman–Crippen LogP) is 3.41. The summed E-state index contributed by atoms with van der Waals surface area (Å²) >= 11 is 1.32. The number of hydrogen-bond acceptors (Lipinski definition) is 6. The fourth-order valence-corrected chi connectivity index (χ4v) is 3.18. The van der Waals surface area contributed by atoms with Gasteiger partial charge in [-0.3, -0.25) is 4.79 Å². The Balaban J connectivity index is 2.79. The maximum atomic E-state index is 12.1. The maximum Gasteiger partial charge on any atom is 0.341 e. The van der Waals surface area contributed by atoms with Gasteiger partial charge in [0.05, 0.1) is 12.2 Å². The fraction of sp³-hybridized carbons (Fsp3) is 0.389. The molecule has 136 valence electrons. The number of carbonyl (C=O) groups excluding carboxylic acids is 3. The van der Waals surface area contributed by atoms with Gasteiger partial charge in [-0.2, -0.15) is 0 Å². The average molecular weight is 365 g/mol. The lowest BCUT2D eigenvalue weighted by Gasteiger charge is -2.07. The van der Waals surface area contributed by atoms with Crippen LogP contribution in [0.15, 0.2) is 24.3 Å². The second kappa shape index (κ2) is 10.5. The van der Waals surface area contributed by atoms with Gasteiger partial charge in [-0.1, -0.05) is 25.2 Å². The topological polar surface area (TPSA) is 81.7 Å². The summed E-state index contributed by atoms with van der Waals surface area (Å²) in [6, 6.07) is 0. The van der Waals surface area contributed by atoms with Crippen molar-refractivity contribution in [1.82, 2.24) is 0 Å². The summed E-state index contributed by atoms with van der Waals surface area (Å²) in [6.07, 6.45) is 6.92. The van der Waals surface area contributed by atoms with E-state index in [1.807, 2.05) is 20.8 Å². The van der Waals surface area contributed by atoms with Crippen molar-refractivity contribution in [3.8, 4) is 0 Å². The van der Waals surface area contributed by atoms with E-state index in [-0.39, 0.29) is 6.61 Å². The van der Waals surface area contributed by atoms with Crippen LogP contribution in [-0.4, -0.2) is 31.1 Å². The van der Waals surface area contributed by atoms with Crippen molar-refractivity contribution in [2.24, 2.45) is 0 Å². The van der Waals surface area contributed by atoms with Crippen LogP contribution in [0, 0.1) is 6.92 Å². The first kappa shape index (κ1) is 20.6. The van der Waals surface area contributed by atoms with E-state index in [4.69, 9.17) is 9.47 Å². The maximum absolute atomic E-state index is 12.1. The number of hydrogen-bond donors (Lipinski definition) is 1. The number of allylic oxidation sites excluding steroid dienone is 3. The Morgan fingerprint density at radius 2 is 1.88 bits per heavy atom. The van der Waals surface area contributed by atoms with Crippen molar-refractivity contribution in [2.45, 2.75) is 34.1 Å².